The lowest BCUT2D eigenvalue weighted by Crippen LogP contribution is -2.32. The number of carboxylic acids is 1. The molecule has 2 aromatic rings. The molecule has 0 saturated carbocycles. The number of rotatable bonds is 5. The number of halogens is 1. The van der Waals surface area contributed by atoms with Gasteiger partial charge < -0.3 is 15.8 Å². The summed E-state index contributed by atoms with van der Waals surface area (Å²) in [5.74, 6) is -1.30. The number of carboxylic acid groups (broad SMARTS) is 1. The summed E-state index contributed by atoms with van der Waals surface area (Å²) in [6, 6.07) is 2.13. The van der Waals surface area contributed by atoms with Gasteiger partial charge in [-0.15, -0.1) is 0 Å². The highest BCUT2D eigenvalue weighted by Gasteiger charge is 2.17. The van der Waals surface area contributed by atoms with Crippen LogP contribution in [0.5, 0.6) is 0 Å². The van der Waals surface area contributed by atoms with E-state index in [1.807, 2.05) is 6.92 Å². The van der Waals surface area contributed by atoms with Crippen molar-refractivity contribution in [1.29, 1.82) is 0 Å². The summed E-state index contributed by atoms with van der Waals surface area (Å²) in [5, 5.41) is 9.65. The van der Waals surface area contributed by atoms with Crippen LogP contribution < -0.4 is 5.73 Å². The van der Waals surface area contributed by atoms with Gasteiger partial charge >= 0.3 is 5.97 Å². The van der Waals surface area contributed by atoms with Crippen molar-refractivity contribution in [1.82, 2.24) is 4.98 Å². The normalized spacial score (nSPS) is 12.8. The van der Waals surface area contributed by atoms with Crippen LogP contribution >= 0.6 is 0 Å². The van der Waals surface area contributed by atoms with Crippen molar-refractivity contribution in [2.45, 2.75) is 32.2 Å². The Hall–Kier alpha value is -1.88. The lowest BCUT2D eigenvalue weighted by molar-refractivity contribution is -0.138. The minimum atomic E-state index is -1.05. The van der Waals surface area contributed by atoms with Gasteiger partial charge in [-0.3, -0.25) is 4.79 Å². The summed E-state index contributed by atoms with van der Waals surface area (Å²) in [5.41, 5.74) is 7.76. The highest BCUT2D eigenvalue weighted by Crippen LogP contribution is 2.27. The number of hydrogen-bond acceptors (Lipinski definition) is 2. The predicted molar refractivity (Wildman–Crippen MR) is 71.6 cm³/mol. The molecule has 1 heterocycles. The first-order valence-corrected chi connectivity index (χ1v) is 6.30. The third kappa shape index (κ3) is 2.61. The van der Waals surface area contributed by atoms with E-state index < -0.39 is 12.0 Å². The van der Waals surface area contributed by atoms with Crippen LogP contribution in [-0.4, -0.2) is 22.1 Å². The van der Waals surface area contributed by atoms with Crippen LogP contribution in [0.2, 0.25) is 0 Å². The standard InChI is InChI=1S/C14H17FN2O2/c1-2-3-9-10(15)4-5-12-13(9)8(7-17-12)6-11(16)14(18)19/h4-5,7,11,17H,2-3,6,16H2,1H3,(H,18,19)/t11-/m0/s1. The largest absolute Gasteiger partial charge is 0.480 e. The van der Waals surface area contributed by atoms with Gasteiger partial charge in [0.15, 0.2) is 0 Å². The number of aryl methyl sites for hydroxylation is 1. The predicted octanol–water partition coefficient (Wildman–Crippen LogP) is 2.21. The van der Waals surface area contributed by atoms with E-state index in [1.54, 1.807) is 12.3 Å². The Morgan fingerprint density at radius 1 is 1.53 bits per heavy atom. The van der Waals surface area contributed by atoms with Crippen molar-refractivity contribution in [3.63, 3.8) is 0 Å². The molecule has 0 spiro atoms. The molecule has 4 N–H and O–H groups in total. The average Bonchev–Trinajstić information content (AvgIpc) is 2.76. The number of fused-ring (bicyclic) bond motifs is 1. The third-order valence-corrected chi connectivity index (χ3v) is 3.24. The van der Waals surface area contributed by atoms with Crippen LogP contribution in [0.3, 0.4) is 0 Å². The molecule has 0 aliphatic rings. The van der Waals surface area contributed by atoms with Crippen LogP contribution in [0, 0.1) is 5.82 Å². The van der Waals surface area contributed by atoms with Crippen LogP contribution in [0.25, 0.3) is 10.9 Å². The molecule has 0 amide bonds. The van der Waals surface area contributed by atoms with Gasteiger partial charge in [0.25, 0.3) is 0 Å². The van der Waals surface area contributed by atoms with Gasteiger partial charge in [-0.05, 0) is 29.7 Å². The minimum Gasteiger partial charge on any atom is -0.480 e. The number of nitrogens with two attached hydrogens (primary N) is 1. The number of nitrogens with one attached hydrogen (secondary N) is 1. The molecular weight excluding hydrogens is 247 g/mol. The number of benzene rings is 1. The fourth-order valence-electron chi connectivity index (χ4n) is 2.33. The van der Waals surface area contributed by atoms with Crippen molar-refractivity contribution >= 4 is 16.9 Å². The van der Waals surface area contributed by atoms with Crippen molar-refractivity contribution < 1.29 is 14.3 Å². The summed E-state index contributed by atoms with van der Waals surface area (Å²) in [6.07, 6.45) is 3.35. The first kappa shape index (κ1) is 13.5. The molecule has 0 aliphatic carbocycles. The minimum absolute atomic E-state index is 0.190. The van der Waals surface area contributed by atoms with Gasteiger partial charge in [-0.1, -0.05) is 13.3 Å². The maximum atomic E-state index is 13.9. The van der Waals surface area contributed by atoms with Crippen molar-refractivity contribution in [2.75, 3.05) is 0 Å². The zero-order valence-electron chi connectivity index (χ0n) is 10.7. The summed E-state index contributed by atoms with van der Waals surface area (Å²) in [7, 11) is 0. The molecule has 102 valence electrons. The van der Waals surface area contributed by atoms with E-state index in [0.717, 1.165) is 22.9 Å². The van der Waals surface area contributed by atoms with Gasteiger partial charge in [-0.2, -0.15) is 0 Å². The summed E-state index contributed by atoms with van der Waals surface area (Å²) in [6.45, 7) is 1.98. The average molecular weight is 264 g/mol. The highest BCUT2D eigenvalue weighted by atomic mass is 19.1. The smallest absolute Gasteiger partial charge is 0.320 e. The molecule has 1 atom stereocenters. The number of hydrogen-bond donors (Lipinski definition) is 3. The fourth-order valence-corrected chi connectivity index (χ4v) is 2.33. The second-order valence-corrected chi connectivity index (χ2v) is 4.66. The first-order valence-electron chi connectivity index (χ1n) is 6.30. The number of aromatic nitrogens is 1. The van der Waals surface area contributed by atoms with Gasteiger partial charge in [0.05, 0.1) is 0 Å². The number of aromatic amines is 1. The molecule has 1 aromatic heterocycles. The van der Waals surface area contributed by atoms with Crippen molar-refractivity contribution in [3.8, 4) is 0 Å². The Morgan fingerprint density at radius 2 is 2.26 bits per heavy atom. The van der Waals surface area contributed by atoms with E-state index in [-0.39, 0.29) is 12.2 Å². The molecule has 19 heavy (non-hydrogen) atoms. The fraction of sp³-hybridized carbons (Fsp3) is 0.357. The quantitative estimate of drug-likeness (QED) is 0.774. The topological polar surface area (TPSA) is 79.1 Å². The molecule has 0 fully saturated rings. The molecule has 4 nitrogen and oxygen atoms in total. The van der Waals surface area contributed by atoms with Crippen LogP contribution in [-0.2, 0) is 17.6 Å². The monoisotopic (exact) mass is 264 g/mol. The Morgan fingerprint density at radius 3 is 2.89 bits per heavy atom. The third-order valence-electron chi connectivity index (χ3n) is 3.24. The van der Waals surface area contributed by atoms with E-state index in [2.05, 4.69) is 4.98 Å². The van der Waals surface area contributed by atoms with E-state index in [4.69, 9.17) is 10.8 Å². The number of H-pyrrole nitrogens is 1. The van der Waals surface area contributed by atoms with Crippen molar-refractivity contribution in [2.24, 2.45) is 5.73 Å². The molecule has 2 rings (SSSR count). The van der Waals surface area contributed by atoms with Gasteiger partial charge in [-0.25, -0.2) is 4.39 Å². The molecule has 5 heteroatoms. The number of carbonyl (C=O) groups is 1. The maximum Gasteiger partial charge on any atom is 0.320 e. The Balaban J connectivity index is 2.50. The lowest BCUT2D eigenvalue weighted by Gasteiger charge is -2.09. The van der Waals surface area contributed by atoms with Gasteiger partial charge in [0.1, 0.15) is 11.9 Å². The molecule has 0 saturated heterocycles. The number of aliphatic carboxylic acids is 1. The Kier molecular flexibility index (Phi) is 3.85. The van der Waals surface area contributed by atoms with Crippen LogP contribution in [0.15, 0.2) is 18.3 Å². The molecule has 1 aromatic carbocycles. The molecule has 0 unspecified atom stereocenters. The SMILES string of the molecule is CCCc1c(F)ccc2[nH]cc(C[C@H](N)C(=O)O)c12. The second kappa shape index (κ2) is 5.40. The lowest BCUT2D eigenvalue weighted by atomic mass is 9.98. The van der Waals surface area contributed by atoms with E-state index in [0.29, 0.717) is 12.0 Å². The molecule has 0 aliphatic heterocycles. The zero-order chi connectivity index (χ0) is 14.0. The second-order valence-electron chi connectivity index (χ2n) is 4.66. The van der Waals surface area contributed by atoms with Crippen LogP contribution in [0.4, 0.5) is 4.39 Å². The van der Waals surface area contributed by atoms with E-state index in [9.17, 15) is 9.18 Å². The van der Waals surface area contributed by atoms with E-state index in [1.165, 1.54) is 6.07 Å². The molecule has 0 bridgehead atoms. The summed E-state index contributed by atoms with van der Waals surface area (Å²) < 4.78 is 13.9. The Bertz CT molecular complexity index is 607. The summed E-state index contributed by atoms with van der Waals surface area (Å²) >= 11 is 0. The van der Waals surface area contributed by atoms with Crippen LogP contribution in [0.1, 0.15) is 24.5 Å². The zero-order valence-corrected chi connectivity index (χ0v) is 10.7. The summed E-state index contributed by atoms with van der Waals surface area (Å²) in [4.78, 5) is 13.9. The first-order chi connectivity index (χ1) is 9.04. The molecular formula is C14H17FN2O2. The highest BCUT2D eigenvalue weighted by molar-refractivity contribution is 5.87. The maximum absolute atomic E-state index is 13.9. The Labute approximate surface area is 110 Å². The van der Waals surface area contributed by atoms with Gasteiger partial charge in [0, 0.05) is 23.5 Å². The molecule has 0 radical (unpaired) electrons. The van der Waals surface area contributed by atoms with E-state index >= 15 is 0 Å². The van der Waals surface area contributed by atoms with Crippen molar-refractivity contribution in [3.05, 3.63) is 35.3 Å². The van der Waals surface area contributed by atoms with Gasteiger partial charge in [0.2, 0.25) is 0 Å².